The fourth-order valence-electron chi connectivity index (χ4n) is 0.986. The number of aromatic nitrogens is 3. The molecule has 0 saturated heterocycles. The van der Waals surface area contributed by atoms with Crippen molar-refractivity contribution >= 4 is 22.9 Å². The molecule has 2 rings (SSSR count). The van der Waals surface area contributed by atoms with Gasteiger partial charge >= 0.3 is 0 Å². The van der Waals surface area contributed by atoms with E-state index in [1.165, 1.54) is 24.5 Å². The first-order chi connectivity index (χ1) is 7.08. The molecule has 0 radical (unpaired) electrons. The van der Waals surface area contributed by atoms with Crippen LogP contribution in [0.4, 0.5) is 0 Å². The first kappa shape index (κ1) is 10.1. The Labute approximate surface area is 93.4 Å². The molecule has 0 saturated carbocycles. The first-order valence-corrected chi connectivity index (χ1v) is 5.19. The second kappa shape index (κ2) is 3.63. The van der Waals surface area contributed by atoms with Crippen LogP contribution in [-0.2, 0) is 0 Å². The molecule has 15 heavy (non-hydrogen) atoms. The lowest BCUT2D eigenvalue weighted by atomic mass is 10.3. The summed E-state index contributed by atoms with van der Waals surface area (Å²) in [7, 11) is 0. The van der Waals surface area contributed by atoms with Crippen LogP contribution >= 0.6 is 22.9 Å². The fourth-order valence-corrected chi connectivity index (χ4v) is 1.84. The van der Waals surface area contributed by atoms with Gasteiger partial charge in [0.25, 0.3) is 5.56 Å². The normalized spacial score (nSPS) is 10.5. The molecule has 0 aliphatic heterocycles. The SMILES string of the molecule is Cc1c(O)nc(-c2ncc(Cl)s2)[nH]c1=O. The molecule has 2 N–H and O–H groups in total. The van der Waals surface area contributed by atoms with Crippen molar-refractivity contribution in [3.63, 3.8) is 0 Å². The van der Waals surface area contributed by atoms with Gasteiger partial charge in [0, 0.05) is 0 Å². The number of hydrogen-bond acceptors (Lipinski definition) is 5. The minimum atomic E-state index is -0.385. The molecule has 0 bridgehead atoms. The second-order valence-electron chi connectivity index (χ2n) is 2.83. The van der Waals surface area contributed by atoms with Gasteiger partial charge in [-0.15, -0.1) is 0 Å². The molecule has 0 fully saturated rings. The van der Waals surface area contributed by atoms with Crippen molar-refractivity contribution in [2.24, 2.45) is 0 Å². The van der Waals surface area contributed by atoms with Crippen LogP contribution in [-0.4, -0.2) is 20.1 Å². The molecule has 2 heterocycles. The molecule has 0 aliphatic carbocycles. The molecule has 2 aromatic heterocycles. The highest BCUT2D eigenvalue weighted by molar-refractivity contribution is 7.18. The molecule has 0 spiro atoms. The molecular weight excluding hydrogens is 238 g/mol. The molecule has 78 valence electrons. The predicted octanol–water partition coefficient (Wildman–Crippen LogP) is 1.56. The van der Waals surface area contributed by atoms with Crippen molar-refractivity contribution in [3.8, 4) is 16.7 Å². The number of thiazole rings is 1. The zero-order valence-electron chi connectivity index (χ0n) is 7.61. The lowest BCUT2D eigenvalue weighted by Gasteiger charge is -1.99. The first-order valence-electron chi connectivity index (χ1n) is 3.99. The number of nitrogens with one attached hydrogen (secondary N) is 1. The Morgan fingerprint density at radius 2 is 2.33 bits per heavy atom. The van der Waals surface area contributed by atoms with Gasteiger partial charge in [-0.25, -0.2) is 4.98 Å². The van der Waals surface area contributed by atoms with Gasteiger partial charge < -0.3 is 10.1 Å². The molecule has 5 nitrogen and oxygen atoms in total. The summed E-state index contributed by atoms with van der Waals surface area (Å²) in [5.41, 5.74) is -0.203. The Bertz CT molecular complexity index is 563. The van der Waals surface area contributed by atoms with E-state index in [4.69, 9.17) is 11.6 Å². The van der Waals surface area contributed by atoms with Crippen LogP contribution in [0.3, 0.4) is 0 Å². The molecule has 0 aromatic carbocycles. The third kappa shape index (κ3) is 1.86. The lowest BCUT2D eigenvalue weighted by molar-refractivity contribution is 0.447. The third-order valence-corrected chi connectivity index (χ3v) is 2.93. The van der Waals surface area contributed by atoms with E-state index in [0.717, 1.165) is 0 Å². The van der Waals surface area contributed by atoms with E-state index in [9.17, 15) is 9.90 Å². The quantitative estimate of drug-likeness (QED) is 0.797. The summed E-state index contributed by atoms with van der Waals surface area (Å²) in [5.74, 6) is -0.0694. The minimum absolute atomic E-state index is 0.182. The average Bonchev–Trinajstić information content (AvgIpc) is 2.60. The van der Waals surface area contributed by atoms with Gasteiger partial charge in [0.15, 0.2) is 10.8 Å². The van der Waals surface area contributed by atoms with Gasteiger partial charge in [-0.1, -0.05) is 22.9 Å². The van der Waals surface area contributed by atoms with Gasteiger partial charge in [0.1, 0.15) is 4.34 Å². The number of H-pyrrole nitrogens is 1. The number of hydrogen-bond donors (Lipinski definition) is 2. The topological polar surface area (TPSA) is 78.9 Å². The summed E-state index contributed by atoms with van der Waals surface area (Å²) in [4.78, 5) is 21.6. The summed E-state index contributed by atoms with van der Waals surface area (Å²) in [5, 5.41) is 9.83. The Kier molecular flexibility index (Phi) is 2.45. The van der Waals surface area contributed by atoms with Gasteiger partial charge in [-0.3, -0.25) is 4.79 Å². The van der Waals surface area contributed by atoms with Crippen molar-refractivity contribution in [1.82, 2.24) is 15.0 Å². The third-order valence-electron chi connectivity index (χ3n) is 1.81. The molecule has 0 aliphatic rings. The molecular formula is C8H6ClN3O2S. The van der Waals surface area contributed by atoms with E-state index in [1.807, 2.05) is 0 Å². The van der Waals surface area contributed by atoms with Crippen LogP contribution in [0.2, 0.25) is 4.34 Å². The zero-order chi connectivity index (χ0) is 11.0. The Morgan fingerprint density at radius 1 is 1.60 bits per heavy atom. The maximum absolute atomic E-state index is 11.3. The Morgan fingerprint density at radius 3 is 2.87 bits per heavy atom. The number of aromatic amines is 1. The van der Waals surface area contributed by atoms with Crippen LogP contribution in [0, 0.1) is 6.92 Å². The maximum atomic E-state index is 11.3. The van der Waals surface area contributed by atoms with E-state index in [1.54, 1.807) is 0 Å². The highest BCUT2D eigenvalue weighted by atomic mass is 35.5. The summed E-state index contributed by atoms with van der Waals surface area (Å²) in [6.07, 6.45) is 1.46. The van der Waals surface area contributed by atoms with Crippen LogP contribution in [0.5, 0.6) is 5.88 Å². The van der Waals surface area contributed by atoms with Gasteiger partial charge in [-0.05, 0) is 6.92 Å². The highest BCUT2D eigenvalue weighted by Gasteiger charge is 2.10. The van der Waals surface area contributed by atoms with E-state index < -0.39 is 0 Å². The number of rotatable bonds is 1. The summed E-state index contributed by atoms with van der Waals surface area (Å²) in [6, 6.07) is 0. The van der Waals surface area contributed by atoms with E-state index in [0.29, 0.717) is 9.34 Å². The standard InChI is InChI=1S/C8H6ClN3O2S/c1-3-6(13)11-5(12-7(3)14)8-10-2-4(9)15-8/h2H,1H3,(H2,11,12,13,14). The van der Waals surface area contributed by atoms with Crippen LogP contribution < -0.4 is 5.56 Å². The van der Waals surface area contributed by atoms with Gasteiger partial charge in [0.05, 0.1) is 11.8 Å². The number of aromatic hydroxyl groups is 1. The van der Waals surface area contributed by atoms with Crippen molar-refractivity contribution in [2.75, 3.05) is 0 Å². The molecule has 0 amide bonds. The van der Waals surface area contributed by atoms with Gasteiger partial charge in [0.2, 0.25) is 5.88 Å². The van der Waals surface area contributed by atoms with E-state index in [-0.39, 0.29) is 22.8 Å². The van der Waals surface area contributed by atoms with Gasteiger partial charge in [-0.2, -0.15) is 4.98 Å². The molecule has 0 atom stereocenters. The van der Waals surface area contributed by atoms with E-state index >= 15 is 0 Å². The largest absolute Gasteiger partial charge is 0.493 e. The minimum Gasteiger partial charge on any atom is -0.493 e. The summed E-state index contributed by atoms with van der Waals surface area (Å²) in [6.45, 7) is 1.49. The molecule has 7 heteroatoms. The summed E-state index contributed by atoms with van der Waals surface area (Å²) < 4.78 is 0.493. The predicted molar refractivity (Wildman–Crippen MR) is 57.4 cm³/mol. The van der Waals surface area contributed by atoms with Crippen molar-refractivity contribution in [1.29, 1.82) is 0 Å². The van der Waals surface area contributed by atoms with Crippen LogP contribution in [0.1, 0.15) is 5.56 Å². The number of nitrogens with zero attached hydrogens (tertiary/aromatic N) is 2. The molecule has 0 unspecified atom stereocenters. The average molecular weight is 244 g/mol. The zero-order valence-corrected chi connectivity index (χ0v) is 9.19. The Hall–Kier alpha value is -1.40. The van der Waals surface area contributed by atoms with Crippen LogP contribution in [0.15, 0.2) is 11.0 Å². The lowest BCUT2D eigenvalue weighted by Crippen LogP contribution is -2.11. The fraction of sp³-hybridized carbons (Fsp3) is 0.125. The Balaban J connectivity index is 2.60. The van der Waals surface area contributed by atoms with E-state index in [2.05, 4.69) is 15.0 Å². The summed E-state index contributed by atoms with van der Waals surface area (Å²) >= 11 is 6.87. The number of halogens is 1. The van der Waals surface area contributed by atoms with Crippen molar-refractivity contribution < 1.29 is 5.11 Å². The highest BCUT2D eigenvalue weighted by Crippen LogP contribution is 2.25. The molecule has 2 aromatic rings. The maximum Gasteiger partial charge on any atom is 0.257 e. The van der Waals surface area contributed by atoms with Crippen molar-refractivity contribution in [2.45, 2.75) is 6.92 Å². The smallest absolute Gasteiger partial charge is 0.257 e. The second-order valence-corrected chi connectivity index (χ2v) is 4.49. The van der Waals surface area contributed by atoms with Crippen LogP contribution in [0.25, 0.3) is 10.8 Å². The van der Waals surface area contributed by atoms with Crippen molar-refractivity contribution in [3.05, 3.63) is 26.5 Å². The monoisotopic (exact) mass is 243 g/mol.